The van der Waals surface area contributed by atoms with Crippen LogP contribution in [0.2, 0.25) is 0 Å². The van der Waals surface area contributed by atoms with Gasteiger partial charge in [-0.3, -0.25) is 9.59 Å². The molecule has 0 saturated carbocycles. The number of hydrogen-bond donors (Lipinski definition) is 2. The molecule has 0 saturated heterocycles. The average molecular weight is 327 g/mol. The Balaban J connectivity index is 1.99. The topological polar surface area (TPSA) is 75.6 Å². The van der Waals surface area contributed by atoms with Gasteiger partial charge in [0.1, 0.15) is 5.75 Å². The first kappa shape index (κ1) is 17.5. The van der Waals surface area contributed by atoms with Gasteiger partial charge in [0.25, 0.3) is 0 Å². The smallest absolute Gasteiger partial charge is 0.307 e. The van der Waals surface area contributed by atoms with Crippen LogP contribution >= 0.6 is 0 Å². The van der Waals surface area contributed by atoms with Crippen molar-refractivity contribution in [2.45, 2.75) is 25.3 Å². The summed E-state index contributed by atoms with van der Waals surface area (Å²) in [6, 6.07) is 15.8. The molecule has 0 aliphatic carbocycles. The fourth-order valence-corrected chi connectivity index (χ4v) is 2.44. The van der Waals surface area contributed by atoms with Gasteiger partial charge in [-0.05, 0) is 29.7 Å². The highest BCUT2D eigenvalue weighted by Gasteiger charge is 2.17. The quantitative estimate of drug-likeness (QED) is 0.765. The Morgan fingerprint density at radius 2 is 1.71 bits per heavy atom. The van der Waals surface area contributed by atoms with Gasteiger partial charge < -0.3 is 15.2 Å². The summed E-state index contributed by atoms with van der Waals surface area (Å²) in [7, 11) is 1.33. The van der Waals surface area contributed by atoms with Gasteiger partial charge in [0, 0.05) is 6.04 Å². The number of phenols is 1. The van der Waals surface area contributed by atoms with Crippen LogP contribution in [0.25, 0.3) is 0 Å². The molecule has 0 heterocycles. The molecule has 2 N–H and O–H groups in total. The molecule has 5 heteroatoms. The Bertz CT molecular complexity index is 668. The molecule has 0 spiro atoms. The first-order valence-corrected chi connectivity index (χ1v) is 7.75. The molecule has 126 valence electrons. The summed E-state index contributed by atoms with van der Waals surface area (Å²) in [5, 5.41) is 12.2. The van der Waals surface area contributed by atoms with Crippen LogP contribution in [-0.2, 0) is 27.2 Å². The normalized spacial score (nSPS) is 11.5. The van der Waals surface area contributed by atoms with Crippen molar-refractivity contribution in [2.75, 3.05) is 7.11 Å². The number of carbonyl (C=O) groups is 2. The van der Waals surface area contributed by atoms with Gasteiger partial charge in [0.05, 0.1) is 20.0 Å². The van der Waals surface area contributed by atoms with Crippen molar-refractivity contribution in [1.29, 1.82) is 0 Å². The van der Waals surface area contributed by atoms with E-state index in [-0.39, 0.29) is 36.5 Å². The van der Waals surface area contributed by atoms with Crippen molar-refractivity contribution in [3.63, 3.8) is 0 Å². The van der Waals surface area contributed by atoms with Gasteiger partial charge in [0.15, 0.2) is 0 Å². The van der Waals surface area contributed by atoms with E-state index in [9.17, 15) is 14.7 Å². The number of rotatable bonds is 7. The van der Waals surface area contributed by atoms with Gasteiger partial charge in [-0.1, -0.05) is 42.5 Å². The fraction of sp³-hybridized carbons (Fsp3) is 0.263. The molecule has 1 atom stereocenters. The van der Waals surface area contributed by atoms with Gasteiger partial charge in [-0.15, -0.1) is 0 Å². The Hall–Kier alpha value is -2.82. The van der Waals surface area contributed by atoms with E-state index in [1.54, 1.807) is 24.3 Å². The lowest BCUT2D eigenvalue weighted by molar-refractivity contribution is -0.141. The van der Waals surface area contributed by atoms with E-state index in [0.717, 1.165) is 11.1 Å². The van der Waals surface area contributed by atoms with Crippen molar-refractivity contribution in [2.24, 2.45) is 0 Å². The highest BCUT2D eigenvalue weighted by molar-refractivity contribution is 5.80. The zero-order valence-electron chi connectivity index (χ0n) is 13.6. The third-order valence-electron chi connectivity index (χ3n) is 3.63. The molecule has 5 nitrogen and oxygen atoms in total. The zero-order valence-corrected chi connectivity index (χ0v) is 13.6. The predicted octanol–water partition coefficient (Wildman–Crippen LogP) is 2.23. The third-order valence-corrected chi connectivity index (χ3v) is 3.63. The summed E-state index contributed by atoms with van der Waals surface area (Å²) >= 11 is 0. The molecular formula is C19H21NO4. The molecule has 24 heavy (non-hydrogen) atoms. The lowest BCUT2D eigenvalue weighted by Gasteiger charge is -2.18. The number of hydrogen-bond acceptors (Lipinski definition) is 4. The Labute approximate surface area is 141 Å². The number of benzene rings is 2. The van der Waals surface area contributed by atoms with Crippen molar-refractivity contribution in [1.82, 2.24) is 5.32 Å². The number of carbonyl (C=O) groups excluding carboxylic acids is 2. The standard InChI is InChI=1S/C19H21NO4/c1-24-19(23)13-16(11-14-5-3-2-4-6-14)20-18(22)12-15-7-9-17(21)10-8-15/h2-10,16,21H,11-13H2,1H3,(H,20,22). The summed E-state index contributed by atoms with van der Waals surface area (Å²) in [6.45, 7) is 0. The SMILES string of the molecule is COC(=O)CC(Cc1ccccc1)NC(=O)Cc1ccc(O)cc1. The van der Waals surface area contributed by atoms with E-state index in [1.165, 1.54) is 7.11 Å². The second-order valence-corrected chi connectivity index (χ2v) is 5.58. The zero-order chi connectivity index (χ0) is 17.4. The van der Waals surface area contributed by atoms with Gasteiger partial charge in [0.2, 0.25) is 5.91 Å². The Morgan fingerprint density at radius 3 is 2.33 bits per heavy atom. The predicted molar refractivity (Wildman–Crippen MR) is 90.5 cm³/mol. The number of phenolic OH excluding ortho intramolecular Hbond substituents is 1. The molecule has 1 amide bonds. The average Bonchev–Trinajstić information content (AvgIpc) is 2.57. The van der Waals surface area contributed by atoms with Crippen molar-refractivity contribution in [3.05, 3.63) is 65.7 Å². The van der Waals surface area contributed by atoms with Crippen LogP contribution in [-0.4, -0.2) is 30.1 Å². The highest BCUT2D eigenvalue weighted by atomic mass is 16.5. The van der Waals surface area contributed by atoms with Crippen LogP contribution in [0.15, 0.2) is 54.6 Å². The molecule has 2 rings (SSSR count). The van der Waals surface area contributed by atoms with Crippen LogP contribution in [0.4, 0.5) is 0 Å². The monoisotopic (exact) mass is 327 g/mol. The van der Waals surface area contributed by atoms with Crippen LogP contribution in [0.1, 0.15) is 17.5 Å². The molecule has 1 unspecified atom stereocenters. The van der Waals surface area contributed by atoms with Gasteiger partial charge in [-0.25, -0.2) is 0 Å². The summed E-state index contributed by atoms with van der Waals surface area (Å²) in [5.74, 6) is -0.377. The van der Waals surface area contributed by atoms with E-state index in [0.29, 0.717) is 6.42 Å². The minimum absolute atomic E-state index is 0.118. The number of nitrogens with one attached hydrogen (secondary N) is 1. The van der Waals surface area contributed by atoms with Crippen LogP contribution in [0.5, 0.6) is 5.75 Å². The minimum atomic E-state index is -0.360. The maximum absolute atomic E-state index is 12.2. The number of esters is 1. The molecule has 0 radical (unpaired) electrons. The summed E-state index contributed by atoms with van der Waals surface area (Å²) < 4.78 is 4.71. The number of ether oxygens (including phenoxy) is 1. The van der Waals surface area contributed by atoms with E-state index in [2.05, 4.69) is 5.32 Å². The van der Waals surface area contributed by atoms with Crippen LogP contribution in [0.3, 0.4) is 0 Å². The first-order valence-electron chi connectivity index (χ1n) is 7.75. The van der Waals surface area contributed by atoms with Crippen molar-refractivity contribution >= 4 is 11.9 Å². The number of amides is 1. The maximum atomic E-state index is 12.2. The summed E-state index contributed by atoms with van der Waals surface area (Å²) in [5.41, 5.74) is 1.83. The molecule has 0 aliphatic heterocycles. The first-order chi connectivity index (χ1) is 11.6. The highest BCUT2D eigenvalue weighted by Crippen LogP contribution is 2.11. The Morgan fingerprint density at radius 1 is 1.04 bits per heavy atom. The Kier molecular flexibility index (Phi) is 6.37. The lowest BCUT2D eigenvalue weighted by Crippen LogP contribution is -2.39. The number of aromatic hydroxyl groups is 1. The number of methoxy groups -OCH3 is 1. The minimum Gasteiger partial charge on any atom is -0.508 e. The molecular weight excluding hydrogens is 306 g/mol. The van der Waals surface area contributed by atoms with E-state index in [1.807, 2.05) is 30.3 Å². The van der Waals surface area contributed by atoms with E-state index < -0.39 is 0 Å². The summed E-state index contributed by atoms with van der Waals surface area (Å²) in [6.07, 6.45) is 0.858. The molecule has 0 aromatic heterocycles. The van der Waals surface area contributed by atoms with Crippen LogP contribution < -0.4 is 5.32 Å². The van der Waals surface area contributed by atoms with E-state index >= 15 is 0 Å². The largest absolute Gasteiger partial charge is 0.508 e. The molecule has 2 aromatic rings. The second-order valence-electron chi connectivity index (χ2n) is 5.58. The van der Waals surface area contributed by atoms with E-state index in [4.69, 9.17) is 4.74 Å². The lowest BCUT2D eigenvalue weighted by atomic mass is 10.0. The maximum Gasteiger partial charge on any atom is 0.307 e. The third kappa shape index (κ3) is 5.76. The summed E-state index contributed by atoms with van der Waals surface area (Å²) in [4.78, 5) is 23.8. The molecule has 0 bridgehead atoms. The van der Waals surface area contributed by atoms with Crippen molar-refractivity contribution in [3.8, 4) is 5.75 Å². The second kappa shape index (κ2) is 8.72. The van der Waals surface area contributed by atoms with Gasteiger partial charge >= 0.3 is 5.97 Å². The molecule has 0 fully saturated rings. The fourth-order valence-electron chi connectivity index (χ4n) is 2.44. The molecule has 2 aromatic carbocycles. The van der Waals surface area contributed by atoms with Gasteiger partial charge in [-0.2, -0.15) is 0 Å². The van der Waals surface area contributed by atoms with Crippen molar-refractivity contribution < 1.29 is 19.4 Å². The van der Waals surface area contributed by atoms with Crippen LogP contribution in [0, 0.1) is 0 Å². The molecule has 0 aliphatic rings.